The third kappa shape index (κ3) is 3.56. The van der Waals surface area contributed by atoms with Gasteiger partial charge in [0.25, 0.3) is 0 Å². The number of sulfone groups is 1. The SMILES string of the molecule is O=C(Nc1ccccc1S(=O)(=O)C(F)F)[C@H]1CCCCN1. The average molecular weight is 318 g/mol. The zero-order valence-corrected chi connectivity index (χ0v) is 12.0. The number of benzene rings is 1. The third-order valence-corrected chi connectivity index (χ3v) is 4.75. The lowest BCUT2D eigenvalue weighted by Gasteiger charge is -2.23. The van der Waals surface area contributed by atoms with Crippen molar-refractivity contribution in [2.24, 2.45) is 0 Å². The van der Waals surface area contributed by atoms with Gasteiger partial charge in [0.05, 0.1) is 16.6 Å². The highest BCUT2D eigenvalue weighted by molar-refractivity contribution is 7.91. The van der Waals surface area contributed by atoms with E-state index in [1.807, 2.05) is 0 Å². The van der Waals surface area contributed by atoms with Crippen LogP contribution in [0.2, 0.25) is 0 Å². The molecule has 1 aliphatic heterocycles. The summed E-state index contributed by atoms with van der Waals surface area (Å²) in [7, 11) is -4.75. The third-order valence-electron chi connectivity index (χ3n) is 3.31. The van der Waals surface area contributed by atoms with Crippen LogP contribution in [-0.4, -0.2) is 32.7 Å². The molecule has 0 radical (unpaired) electrons. The van der Waals surface area contributed by atoms with Crippen LogP contribution < -0.4 is 10.6 Å². The van der Waals surface area contributed by atoms with Crippen molar-refractivity contribution in [3.05, 3.63) is 24.3 Å². The molecule has 8 heteroatoms. The van der Waals surface area contributed by atoms with Crippen molar-refractivity contribution < 1.29 is 22.0 Å². The van der Waals surface area contributed by atoms with Gasteiger partial charge in [-0.2, -0.15) is 8.78 Å². The smallest absolute Gasteiger partial charge is 0.324 e. The highest BCUT2D eigenvalue weighted by Crippen LogP contribution is 2.26. The van der Waals surface area contributed by atoms with Gasteiger partial charge in [0.1, 0.15) is 0 Å². The summed E-state index contributed by atoms with van der Waals surface area (Å²) in [5.74, 6) is -3.94. The molecule has 1 fully saturated rings. The first-order chi connectivity index (χ1) is 9.93. The lowest BCUT2D eigenvalue weighted by Crippen LogP contribution is -2.43. The Bertz CT molecular complexity index is 614. The van der Waals surface area contributed by atoms with Crippen molar-refractivity contribution in [2.45, 2.75) is 36.0 Å². The summed E-state index contributed by atoms with van der Waals surface area (Å²) in [5, 5.41) is 5.44. The van der Waals surface area contributed by atoms with Crippen LogP contribution in [-0.2, 0) is 14.6 Å². The first-order valence-electron chi connectivity index (χ1n) is 6.58. The van der Waals surface area contributed by atoms with E-state index in [0.29, 0.717) is 13.0 Å². The van der Waals surface area contributed by atoms with E-state index in [-0.39, 0.29) is 5.69 Å². The zero-order valence-electron chi connectivity index (χ0n) is 11.2. The number of hydrogen-bond donors (Lipinski definition) is 2. The van der Waals surface area contributed by atoms with Gasteiger partial charge >= 0.3 is 5.76 Å². The van der Waals surface area contributed by atoms with Crippen molar-refractivity contribution in [1.82, 2.24) is 5.32 Å². The van der Waals surface area contributed by atoms with Crippen molar-refractivity contribution in [3.63, 3.8) is 0 Å². The minimum atomic E-state index is -4.75. The number of alkyl halides is 2. The van der Waals surface area contributed by atoms with Gasteiger partial charge in [-0.3, -0.25) is 4.79 Å². The minimum absolute atomic E-state index is 0.116. The van der Waals surface area contributed by atoms with Crippen molar-refractivity contribution in [2.75, 3.05) is 11.9 Å². The molecule has 2 N–H and O–H groups in total. The highest BCUT2D eigenvalue weighted by atomic mass is 32.2. The first-order valence-corrected chi connectivity index (χ1v) is 8.13. The number of para-hydroxylation sites is 1. The monoisotopic (exact) mass is 318 g/mol. The van der Waals surface area contributed by atoms with Gasteiger partial charge in [-0.15, -0.1) is 0 Å². The Morgan fingerprint density at radius 2 is 2.00 bits per heavy atom. The van der Waals surface area contributed by atoms with Crippen LogP contribution in [0.4, 0.5) is 14.5 Å². The van der Waals surface area contributed by atoms with E-state index in [2.05, 4.69) is 10.6 Å². The van der Waals surface area contributed by atoms with E-state index in [1.54, 1.807) is 0 Å². The van der Waals surface area contributed by atoms with Gasteiger partial charge in [0.2, 0.25) is 15.7 Å². The van der Waals surface area contributed by atoms with Crippen LogP contribution in [0.5, 0.6) is 0 Å². The second kappa shape index (κ2) is 6.48. The topological polar surface area (TPSA) is 75.3 Å². The molecule has 1 atom stereocenters. The highest BCUT2D eigenvalue weighted by Gasteiger charge is 2.30. The van der Waals surface area contributed by atoms with E-state index in [9.17, 15) is 22.0 Å². The fourth-order valence-corrected chi connectivity index (χ4v) is 3.10. The molecule has 0 aromatic heterocycles. The van der Waals surface area contributed by atoms with Crippen LogP contribution in [0.3, 0.4) is 0 Å². The predicted molar refractivity (Wildman–Crippen MR) is 73.9 cm³/mol. The zero-order chi connectivity index (χ0) is 15.5. The van der Waals surface area contributed by atoms with Crippen LogP contribution >= 0.6 is 0 Å². The first kappa shape index (κ1) is 15.8. The number of rotatable bonds is 4. The van der Waals surface area contributed by atoms with Gasteiger partial charge in [-0.05, 0) is 31.5 Å². The number of nitrogens with one attached hydrogen (secondary N) is 2. The lowest BCUT2D eigenvalue weighted by molar-refractivity contribution is -0.118. The van der Waals surface area contributed by atoms with Crippen molar-refractivity contribution in [1.29, 1.82) is 0 Å². The van der Waals surface area contributed by atoms with Crippen molar-refractivity contribution >= 4 is 21.4 Å². The summed E-state index contributed by atoms with van der Waals surface area (Å²) in [4.78, 5) is 11.5. The molecular weight excluding hydrogens is 302 g/mol. The molecule has 1 aromatic carbocycles. The molecule has 0 unspecified atom stereocenters. The largest absolute Gasteiger partial charge is 0.341 e. The number of anilines is 1. The molecule has 0 aliphatic carbocycles. The maximum Gasteiger partial charge on any atom is 0.341 e. The van der Waals surface area contributed by atoms with E-state index < -0.39 is 32.4 Å². The minimum Gasteiger partial charge on any atom is -0.324 e. The second-order valence-corrected chi connectivity index (χ2v) is 6.68. The Labute approximate surface area is 121 Å². The van der Waals surface area contributed by atoms with Crippen LogP contribution in [0.15, 0.2) is 29.2 Å². The summed E-state index contributed by atoms with van der Waals surface area (Å²) in [5.41, 5.74) is -0.116. The van der Waals surface area contributed by atoms with Gasteiger partial charge < -0.3 is 10.6 Å². The normalized spacial score (nSPS) is 19.5. The van der Waals surface area contributed by atoms with Crippen LogP contribution in [0.1, 0.15) is 19.3 Å². The standard InChI is InChI=1S/C13H16F2N2O3S/c14-13(15)21(19,20)11-7-2-1-5-9(11)17-12(18)10-6-3-4-8-16-10/h1-2,5,7,10,13,16H,3-4,6,8H2,(H,17,18)/t10-/m1/s1. The number of halogens is 2. The van der Waals surface area contributed by atoms with E-state index in [0.717, 1.165) is 18.9 Å². The molecular formula is C13H16F2N2O3S. The van der Waals surface area contributed by atoms with Gasteiger partial charge in [0.15, 0.2) is 0 Å². The van der Waals surface area contributed by atoms with Crippen molar-refractivity contribution in [3.8, 4) is 0 Å². The van der Waals surface area contributed by atoms with Gasteiger partial charge in [0, 0.05) is 0 Å². The lowest BCUT2D eigenvalue weighted by atomic mass is 10.0. The number of piperidine rings is 1. The van der Waals surface area contributed by atoms with Gasteiger partial charge in [-0.1, -0.05) is 18.6 Å². The molecule has 0 spiro atoms. The Balaban J connectivity index is 2.23. The molecule has 116 valence electrons. The number of carbonyl (C=O) groups is 1. The maximum atomic E-state index is 12.7. The van der Waals surface area contributed by atoms with Crippen LogP contribution in [0.25, 0.3) is 0 Å². The molecule has 1 heterocycles. The van der Waals surface area contributed by atoms with E-state index >= 15 is 0 Å². The summed E-state index contributed by atoms with van der Waals surface area (Å²) in [6, 6.07) is 4.75. The Hall–Kier alpha value is -1.54. The molecule has 1 amide bonds. The Morgan fingerprint density at radius 1 is 1.29 bits per heavy atom. The fourth-order valence-electron chi connectivity index (χ4n) is 2.21. The molecule has 0 saturated carbocycles. The van der Waals surface area contributed by atoms with Crippen LogP contribution in [0, 0.1) is 0 Å². The van der Waals surface area contributed by atoms with Gasteiger partial charge in [-0.25, -0.2) is 8.42 Å². The molecule has 5 nitrogen and oxygen atoms in total. The number of hydrogen-bond acceptors (Lipinski definition) is 4. The quantitative estimate of drug-likeness (QED) is 0.887. The number of amides is 1. The summed E-state index contributed by atoms with van der Waals surface area (Å²) >= 11 is 0. The van der Waals surface area contributed by atoms with E-state index in [1.165, 1.54) is 18.2 Å². The molecule has 1 aliphatic rings. The summed E-state index contributed by atoms with van der Waals surface area (Å²) in [6.45, 7) is 0.703. The average Bonchev–Trinajstić information content (AvgIpc) is 2.48. The summed E-state index contributed by atoms with van der Waals surface area (Å²) in [6.07, 6.45) is 2.50. The molecule has 1 aromatic rings. The molecule has 0 bridgehead atoms. The second-order valence-electron chi connectivity index (χ2n) is 4.79. The fraction of sp³-hybridized carbons (Fsp3) is 0.462. The molecule has 1 saturated heterocycles. The molecule has 21 heavy (non-hydrogen) atoms. The van der Waals surface area contributed by atoms with E-state index in [4.69, 9.17) is 0 Å². The molecule has 2 rings (SSSR count). The Kier molecular flexibility index (Phi) is 4.89. The Morgan fingerprint density at radius 3 is 2.62 bits per heavy atom. The predicted octanol–water partition coefficient (Wildman–Crippen LogP) is 1.76. The summed E-state index contributed by atoms with van der Waals surface area (Å²) < 4.78 is 48.5. The maximum absolute atomic E-state index is 12.7. The number of carbonyl (C=O) groups excluding carboxylic acids is 1.